The molecule has 4 nitrogen and oxygen atoms in total. The molecular formula is C17H16Br2N3O+. The van der Waals surface area contributed by atoms with E-state index in [1.165, 1.54) is 5.56 Å². The summed E-state index contributed by atoms with van der Waals surface area (Å²) in [6, 6.07) is 8.88. The molecule has 1 aliphatic carbocycles. The maximum atomic E-state index is 9.91. The zero-order chi connectivity index (χ0) is 16.2. The Kier molecular flexibility index (Phi) is 3.68. The first-order chi connectivity index (χ1) is 11.1. The molecule has 0 bridgehead atoms. The quantitative estimate of drug-likeness (QED) is 0.562. The molecule has 1 unspecified atom stereocenters. The molecule has 1 aromatic carbocycles. The minimum Gasteiger partial charge on any atom is -0.390 e. The molecule has 1 fully saturated rings. The average Bonchev–Trinajstić information content (AvgIpc) is 3.31. The Morgan fingerprint density at radius 2 is 1.87 bits per heavy atom. The molecule has 2 aliphatic heterocycles. The molecule has 118 valence electrons. The zero-order valence-electron chi connectivity index (χ0n) is 12.6. The number of aliphatic imine (C=N–C) groups is 2. The van der Waals surface area contributed by atoms with Gasteiger partial charge in [-0.2, -0.15) is 4.99 Å². The number of quaternary nitrogens is 1. The number of aliphatic hydroxyl groups is 1. The molecule has 1 aromatic rings. The van der Waals surface area contributed by atoms with Crippen molar-refractivity contribution in [2.45, 2.75) is 25.8 Å². The standard InChI is InChI=1S/C17H16Br2N3O/c1-10-2-4-11(5-3-10)15-13(9-23)20-17-16(19)21-14(18)8-22(15,17)12-6-7-12/h2-5,8,12,23H,6-7,9H2,1H3/q+1. The number of halogens is 2. The molecule has 3 aliphatic rings. The van der Waals surface area contributed by atoms with Gasteiger partial charge in [-0.1, -0.05) is 17.7 Å². The van der Waals surface area contributed by atoms with E-state index in [2.05, 4.69) is 74.2 Å². The number of benzene rings is 1. The minimum atomic E-state index is -0.0782. The lowest BCUT2D eigenvalue weighted by Crippen LogP contribution is -2.50. The summed E-state index contributed by atoms with van der Waals surface area (Å²) in [7, 11) is 0. The van der Waals surface area contributed by atoms with Crippen LogP contribution in [0.3, 0.4) is 0 Å². The highest BCUT2D eigenvalue weighted by Gasteiger charge is 2.58. The number of aryl methyl sites for hydroxylation is 1. The smallest absolute Gasteiger partial charge is 0.271 e. The van der Waals surface area contributed by atoms with Gasteiger partial charge in [-0.3, -0.25) is 0 Å². The van der Waals surface area contributed by atoms with Crippen LogP contribution < -0.4 is 0 Å². The van der Waals surface area contributed by atoms with Crippen molar-refractivity contribution in [2.24, 2.45) is 9.98 Å². The molecule has 4 rings (SSSR count). The Hall–Kier alpha value is -1.08. The van der Waals surface area contributed by atoms with E-state index in [0.29, 0.717) is 10.5 Å². The second-order valence-electron chi connectivity index (χ2n) is 6.12. The fourth-order valence-corrected chi connectivity index (χ4v) is 4.70. The summed E-state index contributed by atoms with van der Waals surface area (Å²) in [4.78, 5) is 9.18. The summed E-state index contributed by atoms with van der Waals surface area (Å²) in [5, 5.41) is 9.91. The van der Waals surface area contributed by atoms with E-state index in [4.69, 9.17) is 4.99 Å². The topological polar surface area (TPSA) is 45.0 Å². The molecule has 0 radical (unpaired) electrons. The summed E-state index contributed by atoms with van der Waals surface area (Å²) in [5.74, 6) is 0.871. The minimum absolute atomic E-state index is 0.0782. The normalized spacial score (nSPS) is 26.7. The van der Waals surface area contributed by atoms with E-state index in [-0.39, 0.29) is 6.61 Å². The summed E-state index contributed by atoms with van der Waals surface area (Å²) >= 11 is 7.10. The third kappa shape index (κ3) is 2.31. The summed E-state index contributed by atoms with van der Waals surface area (Å²) in [6.45, 7) is 2.00. The summed E-state index contributed by atoms with van der Waals surface area (Å²) in [6.07, 6.45) is 4.40. The Morgan fingerprint density at radius 3 is 2.48 bits per heavy atom. The van der Waals surface area contributed by atoms with Crippen LogP contribution in [0.5, 0.6) is 0 Å². The largest absolute Gasteiger partial charge is 0.390 e. The van der Waals surface area contributed by atoms with Crippen LogP contribution in [-0.2, 0) is 0 Å². The van der Waals surface area contributed by atoms with Crippen LogP contribution in [-0.4, -0.2) is 32.7 Å². The van der Waals surface area contributed by atoms with Crippen molar-refractivity contribution >= 4 is 48.0 Å². The van der Waals surface area contributed by atoms with Crippen LogP contribution in [0.2, 0.25) is 0 Å². The molecule has 0 amide bonds. The molecule has 0 aromatic heterocycles. The lowest BCUT2D eigenvalue weighted by molar-refractivity contribution is -0.718. The molecule has 0 saturated heterocycles. The summed E-state index contributed by atoms with van der Waals surface area (Å²) < 4.78 is 2.06. The van der Waals surface area contributed by atoms with Crippen LogP contribution in [0.4, 0.5) is 0 Å². The van der Waals surface area contributed by atoms with Gasteiger partial charge < -0.3 is 5.11 Å². The van der Waals surface area contributed by atoms with Crippen LogP contribution in [0.25, 0.3) is 5.70 Å². The van der Waals surface area contributed by atoms with Gasteiger partial charge >= 0.3 is 0 Å². The Morgan fingerprint density at radius 1 is 1.17 bits per heavy atom. The number of aliphatic hydroxyl groups excluding tert-OH is 1. The van der Waals surface area contributed by atoms with E-state index in [9.17, 15) is 5.11 Å². The Bertz CT molecular complexity index is 804. The van der Waals surface area contributed by atoms with E-state index in [1.54, 1.807) is 0 Å². The second-order valence-corrected chi connectivity index (χ2v) is 7.68. The average molecular weight is 438 g/mol. The van der Waals surface area contributed by atoms with E-state index >= 15 is 0 Å². The van der Waals surface area contributed by atoms with Gasteiger partial charge in [0.05, 0.1) is 6.61 Å². The van der Waals surface area contributed by atoms with Crippen molar-refractivity contribution < 1.29 is 9.59 Å². The highest BCUT2D eigenvalue weighted by molar-refractivity contribution is 9.19. The fourth-order valence-electron chi connectivity index (χ4n) is 3.39. The lowest BCUT2D eigenvalue weighted by Gasteiger charge is -2.34. The molecule has 0 spiro atoms. The molecule has 1 N–H and O–H groups in total. The van der Waals surface area contributed by atoms with Gasteiger partial charge in [-0.05, 0) is 50.9 Å². The maximum absolute atomic E-state index is 9.91. The predicted octanol–water partition coefficient (Wildman–Crippen LogP) is 4.05. The van der Waals surface area contributed by atoms with Crippen molar-refractivity contribution in [1.82, 2.24) is 0 Å². The third-order valence-corrected chi connectivity index (χ3v) is 5.45. The van der Waals surface area contributed by atoms with Crippen molar-refractivity contribution in [3.05, 3.63) is 51.9 Å². The van der Waals surface area contributed by atoms with Crippen molar-refractivity contribution in [3.63, 3.8) is 0 Å². The van der Waals surface area contributed by atoms with Gasteiger partial charge in [0.2, 0.25) is 0 Å². The van der Waals surface area contributed by atoms with Crippen LogP contribution >= 0.6 is 31.9 Å². The zero-order valence-corrected chi connectivity index (χ0v) is 15.8. The van der Waals surface area contributed by atoms with Gasteiger partial charge in [0.1, 0.15) is 17.9 Å². The Balaban J connectivity index is 1.96. The van der Waals surface area contributed by atoms with Gasteiger partial charge in [-0.25, -0.2) is 9.48 Å². The van der Waals surface area contributed by atoms with Crippen molar-refractivity contribution in [2.75, 3.05) is 6.61 Å². The van der Waals surface area contributed by atoms with Crippen molar-refractivity contribution in [1.29, 1.82) is 0 Å². The first-order valence-corrected chi connectivity index (χ1v) is 9.17. The highest BCUT2D eigenvalue weighted by Crippen LogP contribution is 2.50. The first kappa shape index (κ1) is 15.4. The Labute approximate surface area is 151 Å². The number of rotatable bonds is 3. The number of nitrogens with zero attached hydrogens (tertiary/aromatic N) is 3. The first-order valence-electron chi connectivity index (χ1n) is 7.58. The van der Waals surface area contributed by atoms with E-state index < -0.39 is 0 Å². The molecule has 1 saturated carbocycles. The number of hydrogen-bond acceptors (Lipinski definition) is 3. The third-order valence-electron chi connectivity index (χ3n) is 4.53. The SMILES string of the molecule is Cc1ccc(C2=C(CO)N=C3C(Br)=NC(Br)=C[N+]32C2CC2)cc1. The maximum Gasteiger partial charge on any atom is 0.271 e. The van der Waals surface area contributed by atoms with E-state index in [0.717, 1.165) is 44.9 Å². The second kappa shape index (κ2) is 5.48. The van der Waals surface area contributed by atoms with Gasteiger partial charge in [0, 0.05) is 18.4 Å². The molecule has 2 heterocycles. The van der Waals surface area contributed by atoms with Crippen LogP contribution in [0, 0.1) is 6.92 Å². The predicted molar refractivity (Wildman–Crippen MR) is 99.3 cm³/mol. The van der Waals surface area contributed by atoms with Gasteiger partial charge in [-0.15, -0.1) is 0 Å². The molecule has 23 heavy (non-hydrogen) atoms. The number of hydrogen-bond donors (Lipinski definition) is 1. The molecular weight excluding hydrogens is 422 g/mol. The van der Waals surface area contributed by atoms with Gasteiger partial charge in [0.15, 0.2) is 14.9 Å². The monoisotopic (exact) mass is 436 g/mol. The van der Waals surface area contributed by atoms with Crippen molar-refractivity contribution in [3.8, 4) is 0 Å². The number of amidine groups is 1. The fraction of sp³-hybridized carbons (Fsp3) is 0.294. The molecule has 6 heteroatoms. The number of fused-ring (bicyclic) bond motifs is 1. The molecule has 1 atom stereocenters. The van der Waals surface area contributed by atoms with Crippen LogP contribution in [0.1, 0.15) is 24.0 Å². The van der Waals surface area contributed by atoms with Crippen LogP contribution in [0.15, 0.2) is 50.8 Å². The highest BCUT2D eigenvalue weighted by atomic mass is 79.9. The lowest BCUT2D eigenvalue weighted by atomic mass is 10.0. The van der Waals surface area contributed by atoms with E-state index in [1.807, 2.05) is 0 Å². The summed E-state index contributed by atoms with van der Waals surface area (Å²) in [5.41, 5.74) is 4.11. The van der Waals surface area contributed by atoms with Gasteiger partial charge in [0.25, 0.3) is 5.84 Å².